The van der Waals surface area contributed by atoms with E-state index in [0.29, 0.717) is 69.6 Å². The second kappa shape index (κ2) is 15.7. The molecule has 3 aliphatic rings. The molecule has 268 valence electrons. The summed E-state index contributed by atoms with van der Waals surface area (Å²) in [4.78, 5) is 37.0. The fourth-order valence-electron chi connectivity index (χ4n) is 7.35. The van der Waals surface area contributed by atoms with Gasteiger partial charge in [0, 0.05) is 106 Å². The third-order valence-corrected chi connectivity index (χ3v) is 11.0. The van der Waals surface area contributed by atoms with Gasteiger partial charge in [0.2, 0.25) is 5.91 Å². The summed E-state index contributed by atoms with van der Waals surface area (Å²) in [5, 5.41) is 10.2. The third kappa shape index (κ3) is 7.78. The van der Waals surface area contributed by atoms with Crippen LogP contribution in [0.3, 0.4) is 0 Å². The van der Waals surface area contributed by atoms with E-state index < -0.39 is 0 Å². The number of carbonyl (C=O) groups excluding carboxylic acids is 2. The summed E-state index contributed by atoms with van der Waals surface area (Å²) in [5.41, 5.74) is 6.21. The SMILES string of the molecule is COc1cc(-c2nccc(-c3cccc(NC(=O)c4nc5c(n4C)CCN(CC4CCOCC4)C5)c3Cl)c2Cl)ccc1CNCC1CCC(=O)N1. The van der Waals surface area contributed by atoms with Gasteiger partial charge in [0.05, 0.1) is 34.2 Å². The summed E-state index contributed by atoms with van der Waals surface area (Å²) in [6.07, 6.45) is 6.14. The predicted octanol–water partition coefficient (Wildman–Crippen LogP) is 5.87. The van der Waals surface area contributed by atoms with Crippen molar-refractivity contribution < 1.29 is 19.1 Å². The summed E-state index contributed by atoms with van der Waals surface area (Å²) in [7, 11) is 3.54. The van der Waals surface area contributed by atoms with E-state index in [1.807, 2.05) is 48.0 Å². The van der Waals surface area contributed by atoms with Crippen LogP contribution >= 0.6 is 23.2 Å². The van der Waals surface area contributed by atoms with E-state index in [0.717, 1.165) is 81.0 Å². The molecule has 13 heteroatoms. The van der Waals surface area contributed by atoms with Crippen molar-refractivity contribution in [2.45, 2.75) is 51.2 Å². The average molecular weight is 733 g/mol. The Morgan fingerprint density at radius 1 is 1.08 bits per heavy atom. The van der Waals surface area contributed by atoms with Crippen molar-refractivity contribution in [1.29, 1.82) is 0 Å². The molecular formula is C38H43Cl2N7O4. The van der Waals surface area contributed by atoms with Crippen LogP contribution in [0.1, 0.15) is 53.3 Å². The quantitative estimate of drug-likeness (QED) is 0.175. The Morgan fingerprint density at radius 3 is 2.69 bits per heavy atom. The standard InChI is InChI=1S/C38H43Cl2N7O4/c1-46-31-11-15-47(21-23-12-16-51-17-13-23)22-30(31)44-37(46)38(49)45-29-5-3-4-27(34(29)39)28-10-14-42-36(35(28)40)24-6-7-25(32(18-24)50-2)19-41-20-26-8-9-33(48)43-26/h3-7,10,14,18,23,26,41H,8-9,11-13,15-17,19-22H2,1-2H3,(H,43,48)(H,45,49). The smallest absolute Gasteiger partial charge is 0.291 e. The number of nitrogens with one attached hydrogen (secondary N) is 3. The van der Waals surface area contributed by atoms with E-state index in [1.165, 1.54) is 0 Å². The van der Waals surface area contributed by atoms with Gasteiger partial charge in [0.15, 0.2) is 5.82 Å². The fourth-order valence-corrected chi connectivity index (χ4v) is 7.95. The summed E-state index contributed by atoms with van der Waals surface area (Å²) in [5.74, 6) is 1.48. The number of hydrogen-bond acceptors (Lipinski definition) is 8. The molecule has 2 amide bonds. The molecule has 51 heavy (non-hydrogen) atoms. The van der Waals surface area contributed by atoms with E-state index in [2.05, 4.69) is 25.8 Å². The lowest BCUT2D eigenvalue weighted by molar-refractivity contribution is -0.119. The predicted molar refractivity (Wildman–Crippen MR) is 198 cm³/mol. The number of aromatic nitrogens is 3. The molecule has 0 saturated carbocycles. The Bertz CT molecular complexity index is 1930. The minimum Gasteiger partial charge on any atom is -0.496 e. The van der Waals surface area contributed by atoms with Crippen LogP contribution < -0.4 is 20.7 Å². The molecule has 1 unspecified atom stereocenters. The molecule has 2 fully saturated rings. The van der Waals surface area contributed by atoms with Crippen molar-refractivity contribution >= 4 is 40.7 Å². The number of benzene rings is 2. The first-order chi connectivity index (χ1) is 24.8. The van der Waals surface area contributed by atoms with Gasteiger partial charge >= 0.3 is 0 Å². The highest BCUT2D eigenvalue weighted by Crippen LogP contribution is 2.41. The van der Waals surface area contributed by atoms with Gasteiger partial charge < -0.3 is 30.0 Å². The molecular weight excluding hydrogens is 689 g/mol. The first-order valence-corrected chi connectivity index (χ1v) is 18.3. The maximum Gasteiger partial charge on any atom is 0.291 e. The Labute approximate surface area is 308 Å². The highest BCUT2D eigenvalue weighted by Gasteiger charge is 2.28. The Kier molecular flexibility index (Phi) is 10.9. The Hall–Kier alpha value is -4.00. The van der Waals surface area contributed by atoms with Crippen LogP contribution in [0.25, 0.3) is 22.4 Å². The summed E-state index contributed by atoms with van der Waals surface area (Å²) >= 11 is 14.0. The zero-order valence-electron chi connectivity index (χ0n) is 28.9. The maximum absolute atomic E-state index is 13.6. The Balaban J connectivity index is 1.06. The van der Waals surface area contributed by atoms with Crippen molar-refractivity contribution in [3.05, 3.63) is 81.5 Å². The summed E-state index contributed by atoms with van der Waals surface area (Å²) in [6, 6.07) is 13.3. The number of imidazole rings is 1. The number of ether oxygens (including phenoxy) is 2. The van der Waals surface area contributed by atoms with Crippen molar-refractivity contribution in [3.63, 3.8) is 0 Å². The number of amides is 2. The van der Waals surface area contributed by atoms with E-state index in [1.54, 1.807) is 19.4 Å². The van der Waals surface area contributed by atoms with E-state index in [9.17, 15) is 9.59 Å². The number of methoxy groups -OCH3 is 1. The number of carbonyl (C=O) groups is 2. The van der Waals surface area contributed by atoms with Crippen LogP contribution in [0.2, 0.25) is 10.0 Å². The molecule has 2 aromatic heterocycles. The molecule has 11 nitrogen and oxygen atoms in total. The molecule has 0 radical (unpaired) electrons. The molecule has 5 heterocycles. The van der Waals surface area contributed by atoms with Crippen molar-refractivity contribution in [2.24, 2.45) is 13.0 Å². The van der Waals surface area contributed by atoms with Crippen molar-refractivity contribution in [2.75, 3.05) is 45.3 Å². The molecule has 4 aromatic rings. The maximum atomic E-state index is 13.6. The van der Waals surface area contributed by atoms with Crippen LogP contribution in [0.4, 0.5) is 5.69 Å². The van der Waals surface area contributed by atoms with Gasteiger partial charge in [-0.15, -0.1) is 0 Å². The van der Waals surface area contributed by atoms with Gasteiger partial charge in [0.25, 0.3) is 5.91 Å². The zero-order chi connectivity index (χ0) is 35.5. The molecule has 3 N–H and O–H groups in total. The van der Waals surface area contributed by atoms with Gasteiger partial charge in [-0.2, -0.15) is 0 Å². The number of rotatable bonds is 11. The lowest BCUT2D eigenvalue weighted by atomic mass is 9.98. The minimum absolute atomic E-state index is 0.101. The lowest BCUT2D eigenvalue weighted by Crippen LogP contribution is -2.36. The number of hydrogen-bond donors (Lipinski definition) is 3. The van der Waals surface area contributed by atoms with E-state index >= 15 is 0 Å². The zero-order valence-corrected chi connectivity index (χ0v) is 30.4. The van der Waals surface area contributed by atoms with Gasteiger partial charge in [-0.3, -0.25) is 19.5 Å². The lowest BCUT2D eigenvalue weighted by Gasteiger charge is -2.31. The molecule has 0 spiro atoms. The number of halogens is 2. The van der Waals surface area contributed by atoms with Gasteiger partial charge in [-0.05, 0) is 43.4 Å². The molecule has 7 rings (SSSR count). The highest BCUT2D eigenvalue weighted by molar-refractivity contribution is 6.39. The average Bonchev–Trinajstić information content (AvgIpc) is 3.71. The second-order valence-electron chi connectivity index (χ2n) is 13.5. The van der Waals surface area contributed by atoms with Crippen molar-refractivity contribution in [3.8, 4) is 28.1 Å². The van der Waals surface area contributed by atoms with E-state index in [-0.39, 0.29) is 17.9 Å². The van der Waals surface area contributed by atoms with Gasteiger partial charge in [-0.25, -0.2) is 4.98 Å². The highest BCUT2D eigenvalue weighted by atomic mass is 35.5. The van der Waals surface area contributed by atoms with Crippen molar-refractivity contribution in [1.82, 2.24) is 30.1 Å². The molecule has 3 aliphatic heterocycles. The van der Waals surface area contributed by atoms with Crippen LogP contribution in [-0.4, -0.2) is 77.2 Å². The first-order valence-electron chi connectivity index (χ1n) is 17.6. The molecule has 2 saturated heterocycles. The first kappa shape index (κ1) is 35.4. The number of nitrogens with zero attached hydrogens (tertiary/aromatic N) is 4. The monoisotopic (exact) mass is 731 g/mol. The Morgan fingerprint density at radius 2 is 1.90 bits per heavy atom. The fraction of sp³-hybridized carbons (Fsp3) is 0.421. The van der Waals surface area contributed by atoms with Crippen LogP contribution in [0.15, 0.2) is 48.7 Å². The molecule has 0 aliphatic carbocycles. The molecule has 2 aromatic carbocycles. The summed E-state index contributed by atoms with van der Waals surface area (Å²) < 4.78 is 13.2. The molecule has 0 bridgehead atoms. The second-order valence-corrected chi connectivity index (χ2v) is 14.3. The normalized spacial score (nSPS) is 18.0. The molecule has 1 atom stereocenters. The topological polar surface area (TPSA) is 123 Å². The largest absolute Gasteiger partial charge is 0.496 e. The van der Waals surface area contributed by atoms with Gasteiger partial charge in [0.1, 0.15) is 5.75 Å². The number of anilines is 1. The number of fused-ring (bicyclic) bond motifs is 1. The van der Waals surface area contributed by atoms with Crippen LogP contribution in [0.5, 0.6) is 5.75 Å². The number of pyridine rings is 1. The van der Waals surface area contributed by atoms with Crippen LogP contribution in [-0.2, 0) is 36.1 Å². The van der Waals surface area contributed by atoms with Crippen LogP contribution in [0, 0.1) is 5.92 Å². The van der Waals surface area contributed by atoms with Gasteiger partial charge in [-0.1, -0.05) is 47.5 Å². The summed E-state index contributed by atoms with van der Waals surface area (Å²) in [6.45, 7) is 5.66. The minimum atomic E-state index is -0.321. The third-order valence-electron chi connectivity index (χ3n) is 10.2. The van der Waals surface area contributed by atoms with E-state index in [4.69, 9.17) is 37.7 Å².